The lowest BCUT2D eigenvalue weighted by atomic mass is 10.0. The predicted octanol–water partition coefficient (Wildman–Crippen LogP) is 2.54. The van der Waals surface area contributed by atoms with Gasteiger partial charge in [0.1, 0.15) is 0 Å². The molecule has 0 spiro atoms. The number of anilines is 1. The predicted molar refractivity (Wildman–Crippen MR) is 82.2 cm³/mol. The molecule has 0 aliphatic heterocycles. The number of likely N-dealkylation sites (N-methyl/N-ethyl adjacent to an activating group) is 2. The van der Waals surface area contributed by atoms with Crippen LogP contribution in [0.4, 0.5) is 5.69 Å². The van der Waals surface area contributed by atoms with Crippen LogP contribution < -0.4 is 4.90 Å². The highest BCUT2D eigenvalue weighted by Crippen LogP contribution is 2.25. The molecule has 0 saturated heterocycles. The molecule has 0 saturated carbocycles. The van der Waals surface area contributed by atoms with Gasteiger partial charge in [-0.15, -0.1) is 0 Å². The normalized spacial score (nSPS) is 12.1. The van der Waals surface area contributed by atoms with Crippen LogP contribution in [0.3, 0.4) is 0 Å². The van der Waals surface area contributed by atoms with Crippen molar-refractivity contribution >= 4 is 11.5 Å². The maximum absolute atomic E-state index is 11.8. The van der Waals surface area contributed by atoms with Gasteiger partial charge in [0, 0.05) is 30.4 Å². The lowest BCUT2D eigenvalue weighted by Crippen LogP contribution is -2.40. The number of carbonyl (C=O) groups is 1. The first-order valence-corrected chi connectivity index (χ1v) is 6.87. The summed E-state index contributed by atoms with van der Waals surface area (Å²) < 4.78 is 0. The van der Waals surface area contributed by atoms with Crippen LogP contribution in [-0.4, -0.2) is 43.9 Å². The van der Waals surface area contributed by atoms with E-state index in [0.717, 1.165) is 18.8 Å². The topological polar surface area (TPSA) is 47.3 Å². The number of carbonyl (C=O) groups excluding carboxylic acids is 1. The number of ketones is 1. The number of rotatable bonds is 6. The molecule has 1 unspecified atom stereocenters. The highest BCUT2D eigenvalue weighted by molar-refractivity contribution is 6.00. The van der Waals surface area contributed by atoms with Crippen LogP contribution in [0.2, 0.25) is 0 Å². The third-order valence-electron chi connectivity index (χ3n) is 3.32. The van der Waals surface area contributed by atoms with Gasteiger partial charge < -0.3 is 9.80 Å². The third-order valence-corrected chi connectivity index (χ3v) is 3.32. The van der Waals surface area contributed by atoms with E-state index in [1.54, 1.807) is 19.1 Å². The van der Waals surface area contributed by atoms with Crippen molar-refractivity contribution in [2.45, 2.75) is 26.8 Å². The average molecular weight is 273 g/mol. The van der Waals surface area contributed by atoms with Crippen molar-refractivity contribution in [1.29, 1.82) is 5.26 Å². The maximum Gasteiger partial charge on any atom is 0.161 e. The van der Waals surface area contributed by atoms with Gasteiger partial charge in [0.25, 0.3) is 0 Å². The molecule has 1 rings (SSSR count). The summed E-state index contributed by atoms with van der Waals surface area (Å²) >= 11 is 0. The quantitative estimate of drug-likeness (QED) is 0.747. The molecule has 4 heteroatoms. The summed E-state index contributed by atoms with van der Waals surface area (Å²) in [4.78, 5) is 16.1. The molecule has 0 N–H and O–H groups in total. The van der Waals surface area contributed by atoms with E-state index in [4.69, 9.17) is 5.26 Å². The Morgan fingerprint density at radius 2 is 2.05 bits per heavy atom. The van der Waals surface area contributed by atoms with Crippen LogP contribution in [0.25, 0.3) is 0 Å². The maximum atomic E-state index is 11.8. The molecule has 1 aromatic carbocycles. The van der Waals surface area contributed by atoms with E-state index >= 15 is 0 Å². The van der Waals surface area contributed by atoms with Crippen LogP contribution in [-0.2, 0) is 0 Å². The summed E-state index contributed by atoms with van der Waals surface area (Å²) in [5, 5.41) is 9.07. The van der Waals surface area contributed by atoms with E-state index in [-0.39, 0.29) is 11.8 Å². The molecule has 0 aliphatic rings. The van der Waals surface area contributed by atoms with E-state index < -0.39 is 0 Å². The molecule has 1 aromatic rings. The van der Waals surface area contributed by atoms with Crippen LogP contribution in [0.15, 0.2) is 18.2 Å². The lowest BCUT2D eigenvalue weighted by molar-refractivity contribution is 0.101. The first kappa shape index (κ1) is 16.2. The fourth-order valence-electron chi connectivity index (χ4n) is 2.48. The van der Waals surface area contributed by atoms with Crippen LogP contribution >= 0.6 is 0 Å². The van der Waals surface area contributed by atoms with Crippen LogP contribution in [0.5, 0.6) is 0 Å². The minimum Gasteiger partial charge on any atom is -0.367 e. The van der Waals surface area contributed by atoms with E-state index in [9.17, 15) is 4.79 Å². The molecule has 0 fully saturated rings. The van der Waals surface area contributed by atoms with Crippen LogP contribution in [0, 0.1) is 11.3 Å². The van der Waals surface area contributed by atoms with E-state index in [1.165, 1.54) is 0 Å². The lowest BCUT2D eigenvalue weighted by Gasteiger charge is -2.33. The second-order valence-corrected chi connectivity index (χ2v) is 5.30. The molecule has 0 amide bonds. The highest BCUT2D eigenvalue weighted by Gasteiger charge is 2.19. The van der Waals surface area contributed by atoms with Crippen molar-refractivity contribution in [3.8, 4) is 6.07 Å². The number of benzene rings is 1. The highest BCUT2D eigenvalue weighted by atomic mass is 16.1. The summed E-state index contributed by atoms with van der Waals surface area (Å²) in [6.45, 7) is 7.45. The third kappa shape index (κ3) is 3.82. The molecule has 20 heavy (non-hydrogen) atoms. The minimum atomic E-state index is 0.0278. The van der Waals surface area contributed by atoms with Crippen molar-refractivity contribution < 1.29 is 4.79 Å². The molecule has 108 valence electrons. The van der Waals surface area contributed by atoms with Gasteiger partial charge in [0.2, 0.25) is 0 Å². The second kappa shape index (κ2) is 7.06. The zero-order valence-corrected chi connectivity index (χ0v) is 13.0. The van der Waals surface area contributed by atoms with Crippen LogP contribution in [0.1, 0.15) is 36.7 Å². The Hall–Kier alpha value is -1.86. The molecule has 0 aliphatic carbocycles. The average Bonchev–Trinajstić information content (AvgIpc) is 2.38. The largest absolute Gasteiger partial charge is 0.367 e. The summed E-state index contributed by atoms with van der Waals surface area (Å²) in [6, 6.07) is 7.67. The molecule has 1 atom stereocenters. The van der Waals surface area contributed by atoms with Gasteiger partial charge in [-0.2, -0.15) is 5.26 Å². The van der Waals surface area contributed by atoms with E-state index in [1.807, 2.05) is 20.2 Å². The summed E-state index contributed by atoms with van der Waals surface area (Å²) in [6.07, 6.45) is 0. The van der Waals surface area contributed by atoms with Gasteiger partial charge >= 0.3 is 0 Å². The van der Waals surface area contributed by atoms with E-state index in [0.29, 0.717) is 11.1 Å². The standard InChI is InChI=1S/C16H23N3O/c1-6-19(12(2)11-18(4)5)16-9-14(10-17)7-8-15(16)13(3)20/h7-9,12H,6,11H2,1-5H3. The molecular formula is C16H23N3O. The fraction of sp³-hybridized carbons (Fsp3) is 0.500. The Bertz CT molecular complexity index is 517. The molecular weight excluding hydrogens is 250 g/mol. The van der Waals surface area contributed by atoms with Gasteiger partial charge in [-0.3, -0.25) is 4.79 Å². The number of nitriles is 1. The monoisotopic (exact) mass is 273 g/mol. The summed E-state index contributed by atoms with van der Waals surface area (Å²) in [5.74, 6) is 0.0278. The van der Waals surface area contributed by atoms with Gasteiger partial charge in [-0.1, -0.05) is 0 Å². The first-order chi connectivity index (χ1) is 9.40. The number of Topliss-reactive ketones (excluding diaryl/α,β-unsaturated/α-hetero) is 1. The number of hydrogen-bond acceptors (Lipinski definition) is 4. The van der Waals surface area contributed by atoms with Crippen molar-refractivity contribution in [2.75, 3.05) is 32.1 Å². The van der Waals surface area contributed by atoms with Gasteiger partial charge in [-0.25, -0.2) is 0 Å². The number of nitrogens with zero attached hydrogens (tertiary/aromatic N) is 3. The summed E-state index contributed by atoms with van der Waals surface area (Å²) in [5.41, 5.74) is 2.12. The van der Waals surface area contributed by atoms with Crippen molar-refractivity contribution in [3.05, 3.63) is 29.3 Å². The van der Waals surface area contributed by atoms with E-state index in [2.05, 4.69) is 29.7 Å². The Balaban J connectivity index is 3.25. The molecule has 0 aromatic heterocycles. The Morgan fingerprint density at radius 3 is 2.50 bits per heavy atom. The smallest absolute Gasteiger partial charge is 0.161 e. The van der Waals surface area contributed by atoms with Crippen molar-refractivity contribution in [1.82, 2.24) is 4.90 Å². The SMILES string of the molecule is CCN(c1cc(C#N)ccc1C(C)=O)C(C)CN(C)C. The molecule has 0 radical (unpaired) electrons. The van der Waals surface area contributed by atoms with Gasteiger partial charge in [0.15, 0.2) is 5.78 Å². The minimum absolute atomic E-state index is 0.0278. The van der Waals surface area contributed by atoms with Gasteiger partial charge in [-0.05, 0) is 53.1 Å². The Kier molecular flexibility index (Phi) is 5.72. The summed E-state index contributed by atoms with van der Waals surface area (Å²) in [7, 11) is 4.06. The molecule has 4 nitrogen and oxygen atoms in total. The second-order valence-electron chi connectivity index (χ2n) is 5.30. The molecule has 0 heterocycles. The van der Waals surface area contributed by atoms with Crippen molar-refractivity contribution in [3.63, 3.8) is 0 Å². The zero-order valence-electron chi connectivity index (χ0n) is 13.0. The fourth-order valence-corrected chi connectivity index (χ4v) is 2.48. The van der Waals surface area contributed by atoms with Gasteiger partial charge in [0.05, 0.1) is 11.6 Å². The first-order valence-electron chi connectivity index (χ1n) is 6.87. The molecule has 0 bridgehead atoms. The number of hydrogen-bond donors (Lipinski definition) is 0. The Labute approximate surface area is 121 Å². The van der Waals surface area contributed by atoms with Crippen molar-refractivity contribution in [2.24, 2.45) is 0 Å². The zero-order chi connectivity index (χ0) is 15.3. The Morgan fingerprint density at radius 1 is 1.40 bits per heavy atom.